The summed E-state index contributed by atoms with van der Waals surface area (Å²) in [5, 5.41) is 9.76. The fourth-order valence-corrected chi connectivity index (χ4v) is 1.69. The van der Waals surface area contributed by atoms with Gasteiger partial charge in [0.25, 0.3) is 0 Å². The average molecular weight is 259 g/mol. The van der Waals surface area contributed by atoms with Gasteiger partial charge in [0.2, 0.25) is 0 Å². The molecule has 1 atom stereocenters. The van der Waals surface area contributed by atoms with Gasteiger partial charge in [-0.2, -0.15) is 0 Å². The zero-order valence-electron chi connectivity index (χ0n) is 8.67. The first-order valence-electron chi connectivity index (χ1n) is 4.62. The predicted octanol–water partition coefficient (Wildman–Crippen LogP) is 3.21. The van der Waals surface area contributed by atoms with Crippen molar-refractivity contribution in [2.75, 3.05) is 7.11 Å². The first kappa shape index (κ1) is 11.5. The number of methoxy groups -OCH3 is 1. The van der Waals surface area contributed by atoms with Crippen LogP contribution < -0.4 is 4.74 Å². The summed E-state index contributed by atoms with van der Waals surface area (Å²) in [5.41, 5.74) is 1.95. The molecular formula is C11H15BrO2. The van der Waals surface area contributed by atoms with E-state index in [1.807, 2.05) is 26.0 Å². The summed E-state index contributed by atoms with van der Waals surface area (Å²) in [6.07, 6.45) is 0.230. The molecule has 0 unspecified atom stereocenters. The van der Waals surface area contributed by atoms with Gasteiger partial charge in [0.05, 0.1) is 13.2 Å². The third-order valence-electron chi connectivity index (χ3n) is 2.26. The van der Waals surface area contributed by atoms with E-state index in [2.05, 4.69) is 15.9 Å². The van der Waals surface area contributed by atoms with Crippen LogP contribution in [-0.4, -0.2) is 12.2 Å². The van der Waals surface area contributed by atoms with Gasteiger partial charge in [-0.3, -0.25) is 0 Å². The van der Waals surface area contributed by atoms with E-state index in [4.69, 9.17) is 4.74 Å². The maximum atomic E-state index is 9.76. The number of hydrogen-bond acceptors (Lipinski definition) is 2. The van der Waals surface area contributed by atoms with Crippen molar-refractivity contribution in [1.29, 1.82) is 0 Å². The lowest BCUT2D eigenvalue weighted by molar-refractivity contribution is 0.169. The Bertz CT molecular complexity index is 323. The molecule has 1 rings (SSSR count). The number of aliphatic hydroxyl groups excluding tert-OH is 1. The van der Waals surface area contributed by atoms with Gasteiger partial charge >= 0.3 is 0 Å². The van der Waals surface area contributed by atoms with Crippen LogP contribution >= 0.6 is 15.9 Å². The van der Waals surface area contributed by atoms with Crippen LogP contribution in [0.1, 0.15) is 30.6 Å². The predicted molar refractivity (Wildman–Crippen MR) is 60.7 cm³/mol. The van der Waals surface area contributed by atoms with Gasteiger partial charge in [-0.05, 0) is 31.0 Å². The van der Waals surface area contributed by atoms with Crippen LogP contribution in [0.25, 0.3) is 0 Å². The van der Waals surface area contributed by atoms with Gasteiger partial charge in [0.15, 0.2) is 0 Å². The molecule has 0 aliphatic rings. The molecule has 14 heavy (non-hydrogen) atoms. The molecule has 1 aromatic rings. The third-order valence-corrected chi connectivity index (χ3v) is 3.11. The highest BCUT2D eigenvalue weighted by Gasteiger charge is 2.13. The molecule has 0 heterocycles. The summed E-state index contributed by atoms with van der Waals surface area (Å²) < 4.78 is 6.22. The maximum Gasteiger partial charge on any atom is 0.124 e. The second-order valence-corrected chi connectivity index (χ2v) is 4.12. The molecule has 3 heteroatoms. The van der Waals surface area contributed by atoms with Crippen molar-refractivity contribution >= 4 is 15.9 Å². The molecule has 0 amide bonds. The molecule has 0 radical (unpaired) electrons. The highest BCUT2D eigenvalue weighted by molar-refractivity contribution is 9.10. The Morgan fingerprint density at radius 3 is 2.64 bits per heavy atom. The molecule has 0 aliphatic heterocycles. The summed E-state index contributed by atoms with van der Waals surface area (Å²) in [5.74, 6) is 0.750. The van der Waals surface area contributed by atoms with E-state index in [0.29, 0.717) is 6.42 Å². The zero-order valence-corrected chi connectivity index (χ0v) is 10.3. The Labute approximate surface area is 93.0 Å². The summed E-state index contributed by atoms with van der Waals surface area (Å²) in [7, 11) is 1.62. The van der Waals surface area contributed by atoms with Gasteiger partial charge in [-0.1, -0.05) is 22.9 Å². The second-order valence-electron chi connectivity index (χ2n) is 3.27. The van der Waals surface area contributed by atoms with E-state index < -0.39 is 6.10 Å². The van der Waals surface area contributed by atoms with Gasteiger partial charge in [-0.25, -0.2) is 0 Å². The monoisotopic (exact) mass is 258 g/mol. The van der Waals surface area contributed by atoms with Crippen LogP contribution in [0.15, 0.2) is 16.6 Å². The Morgan fingerprint density at radius 2 is 2.14 bits per heavy atom. The Hall–Kier alpha value is -0.540. The quantitative estimate of drug-likeness (QED) is 0.903. The molecule has 1 aromatic carbocycles. The first-order chi connectivity index (χ1) is 6.60. The largest absolute Gasteiger partial charge is 0.496 e. The fraction of sp³-hybridized carbons (Fsp3) is 0.455. The van der Waals surface area contributed by atoms with E-state index in [1.165, 1.54) is 0 Å². The molecule has 0 spiro atoms. The van der Waals surface area contributed by atoms with Crippen molar-refractivity contribution in [2.45, 2.75) is 26.4 Å². The lowest BCUT2D eigenvalue weighted by Crippen LogP contribution is -2.00. The SMILES string of the molecule is CC[C@H](O)c1cc(Br)c(C)cc1OC. The van der Waals surface area contributed by atoms with Crippen LogP contribution in [-0.2, 0) is 0 Å². The van der Waals surface area contributed by atoms with Crippen molar-refractivity contribution in [3.63, 3.8) is 0 Å². The molecule has 0 aliphatic carbocycles. The Balaban J connectivity index is 3.19. The number of hydrogen-bond donors (Lipinski definition) is 1. The van der Waals surface area contributed by atoms with Gasteiger partial charge in [0, 0.05) is 10.0 Å². The third kappa shape index (κ3) is 2.28. The number of aryl methyl sites for hydroxylation is 1. The van der Waals surface area contributed by atoms with Crippen molar-refractivity contribution < 1.29 is 9.84 Å². The number of halogens is 1. The minimum atomic E-state index is -0.457. The molecule has 1 N–H and O–H groups in total. The van der Waals surface area contributed by atoms with E-state index in [1.54, 1.807) is 7.11 Å². The lowest BCUT2D eigenvalue weighted by Gasteiger charge is -2.14. The van der Waals surface area contributed by atoms with Crippen molar-refractivity contribution in [1.82, 2.24) is 0 Å². The maximum absolute atomic E-state index is 9.76. The molecule has 0 bridgehead atoms. The molecule has 2 nitrogen and oxygen atoms in total. The molecule has 0 aromatic heterocycles. The van der Waals surface area contributed by atoms with Crippen LogP contribution in [0.2, 0.25) is 0 Å². The summed E-state index contributed by atoms with van der Waals surface area (Å²) in [6.45, 7) is 3.94. The van der Waals surface area contributed by atoms with Gasteiger partial charge in [0.1, 0.15) is 5.75 Å². The Morgan fingerprint density at radius 1 is 1.50 bits per heavy atom. The van der Waals surface area contributed by atoms with Gasteiger partial charge < -0.3 is 9.84 Å². The number of aliphatic hydroxyl groups is 1. The Kier molecular flexibility index (Phi) is 3.96. The van der Waals surface area contributed by atoms with Gasteiger partial charge in [-0.15, -0.1) is 0 Å². The van der Waals surface area contributed by atoms with Crippen LogP contribution in [0.4, 0.5) is 0 Å². The normalized spacial score (nSPS) is 12.6. The van der Waals surface area contributed by atoms with Crippen molar-refractivity contribution in [3.8, 4) is 5.75 Å². The van der Waals surface area contributed by atoms with Crippen LogP contribution in [0.5, 0.6) is 5.75 Å². The fourth-order valence-electron chi connectivity index (χ4n) is 1.33. The summed E-state index contributed by atoms with van der Waals surface area (Å²) >= 11 is 3.44. The second kappa shape index (κ2) is 4.80. The molecular weight excluding hydrogens is 244 g/mol. The number of rotatable bonds is 3. The van der Waals surface area contributed by atoms with E-state index in [-0.39, 0.29) is 0 Å². The van der Waals surface area contributed by atoms with E-state index in [9.17, 15) is 5.11 Å². The van der Waals surface area contributed by atoms with Crippen molar-refractivity contribution in [2.24, 2.45) is 0 Å². The topological polar surface area (TPSA) is 29.5 Å². The highest BCUT2D eigenvalue weighted by Crippen LogP contribution is 2.32. The smallest absolute Gasteiger partial charge is 0.124 e. The molecule has 78 valence electrons. The van der Waals surface area contributed by atoms with Crippen LogP contribution in [0, 0.1) is 6.92 Å². The highest BCUT2D eigenvalue weighted by atomic mass is 79.9. The average Bonchev–Trinajstić information content (AvgIpc) is 2.20. The molecule has 0 saturated carbocycles. The zero-order chi connectivity index (χ0) is 10.7. The standard InChI is InChI=1S/C11H15BrO2/c1-4-10(13)8-6-9(12)7(2)5-11(8)14-3/h5-6,10,13H,4H2,1-3H3/t10-/m0/s1. The lowest BCUT2D eigenvalue weighted by atomic mass is 10.0. The van der Waals surface area contributed by atoms with E-state index >= 15 is 0 Å². The molecule has 0 fully saturated rings. The summed E-state index contributed by atoms with van der Waals surface area (Å²) in [4.78, 5) is 0. The molecule has 0 saturated heterocycles. The van der Waals surface area contributed by atoms with Crippen LogP contribution in [0.3, 0.4) is 0 Å². The number of ether oxygens (including phenoxy) is 1. The number of benzene rings is 1. The summed E-state index contributed by atoms with van der Waals surface area (Å²) in [6, 6.07) is 3.85. The first-order valence-corrected chi connectivity index (χ1v) is 5.41. The minimum Gasteiger partial charge on any atom is -0.496 e. The minimum absolute atomic E-state index is 0.457. The van der Waals surface area contributed by atoms with E-state index in [0.717, 1.165) is 21.3 Å². The van der Waals surface area contributed by atoms with Crippen molar-refractivity contribution in [3.05, 3.63) is 27.7 Å².